The number of nitrogens with zero attached hydrogens (tertiary/aromatic N) is 2. The first-order valence-electron chi connectivity index (χ1n) is 14.7. The van der Waals surface area contributed by atoms with Crippen molar-refractivity contribution in [2.24, 2.45) is 5.92 Å². The lowest BCUT2D eigenvalue weighted by molar-refractivity contribution is -0.137. The minimum absolute atomic E-state index is 0.0873. The number of fused-ring (bicyclic) bond motifs is 2. The van der Waals surface area contributed by atoms with E-state index in [2.05, 4.69) is 5.32 Å². The van der Waals surface area contributed by atoms with Gasteiger partial charge in [-0.1, -0.05) is 35.2 Å². The Kier molecular flexibility index (Phi) is 9.02. The zero-order valence-corrected chi connectivity index (χ0v) is 27.3. The van der Waals surface area contributed by atoms with E-state index in [1.165, 1.54) is 49.6 Å². The lowest BCUT2D eigenvalue weighted by Crippen LogP contribution is -2.33. The summed E-state index contributed by atoms with van der Waals surface area (Å²) in [7, 11) is 1.34. The molecule has 3 amide bonds. The number of hydrogen-bond acceptors (Lipinski definition) is 10. The van der Waals surface area contributed by atoms with Gasteiger partial charge < -0.3 is 19.9 Å². The number of rotatable bonds is 8. The summed E-state index contributed by atoms with van der Waals surface area (Å²) in [6.07, 6.45) is -4.63. The molecule has 11 nitrogen and oxygen atoms in total. The Hall–Kier alpha value is -5.09. The fourth-order valence-corrected chi connectivity index (χ4v) is 8.61. The molecule has 0 bridgehead atoms. The highest BCUT2D eigenvalue weighted by Gasteiger charge is 2.57. The highest BCUT2D eigenvalue weighted by Crippen LogP contribution is 2.54. The molecule has 1 saturated heterocycles. The number of amides is 3. The number of aromatic nitrogens is 1. The molecule has 0 aliphatic carbocycles. The van der Waals surface area contributed by atoms with E-state index in [1.54, 1.807) is 13.0 Å². The number of benzene rings is 3. The number of alkyl halides is 3. The van der Waals surface area contributed by atoms with Crippen molar-refractivity contribution in [3.63, 3.8) is 0 Å². The van der Waals surface area contributed by atoms with Crippen molar-refractivity contribution in [2.45, 2.75) is 35.8 Å². The molecule has 2 N–H and O–H groups in total. The van der Waals surface area contributed by atoms with Gasteiger partial charge in [-0.05, 0) is 67.1 Å². The molecule has 6 rings (SSSR count). The Bertz CT molecular complexity index is 2040. The minimum Gasteiger partial charge on any atom is -0.504 e. The van der Waals surface area contributed by atoms with Crippen LogP contribution in [0.3, 0.4) is 0 Å². The monoisotopic (exact) mass is 713 g/mol. The Morgan fingerprint density at radius 2 is 1.73 bits per heavy atom. The number of thiazole rings is 1. The number of carbonyl (C=O) groups is 4. The summed E-state index contributed by atoms with van der Waals surface area (Å²) in [5, 5.41) is 11.9. The van der Waals surface area contributed by atoms with Crippen molar-refractivity contribution in [3.8, 4) is 11.5 Å². The van der Waals surface area contributed by atoms with Crippen molar-refractivity contribution in [2.75, 3.05) is 23.9 Å². The molecule has 3 aromatic carbocycles. The molecule has 254 valence electrons. The topological polar surface area (TPSA) is 144 Å². The SMILES string of the molecule is CCOC(=O)c1ccc(N2C(=O)[C@@H]3[C@H](c4ccc(O)c(OC)c4)c4sc(=O)n(CC(=O)Nc5cccc(C(F)(F)F)c5)c4S[C@@H]3C2=O)cc1. The van der Waals surface area contributed by atoms with Crippen molar-refractivity contribution in [3.05, 3.63) is 98.0 Å². The van der Waals surface area contributed by atoms with E-state index in [9.17, 15) is 42.3 Å². The molecule has 0 unspecified atom stereocenters. The lowest BCUT2D eigenvalue weighted by Gasteiger charge is -2.31. The summed E-state index contributed by atoms with van der Waals surface area (Å²) in [5.74, 6) is -4.52. The first-order chi connectivity index (χ1) is 23.3. The lowest BCUT2D eigenvalue weighted by atomic mass is 9.83. The number of imide groups is 1. The number of carbonyl (C=O) groups excluding carboxylic acids is 4. The van der Waals surface area contributed by atoms with Gasteiger partial charge in [0.2, 0.25) is 17.7 Å². The van der Waals surface area contributed by atoms with E-state index >= 15 is 0 Å². The van der Waals surface area contributed by atoms with E-state index in [4.69, 9.17) is 9.47 Å². The average Bonchev–Trinajstić information content (AvgIpc) is 3.51. The van der Waals surface area contributed by atoms with Crippen LogP contribution in [0.2, 0.25) is 0 Å². The Balaban J connectivity index is 1.38. The second-order valence-electron chi connectivity index (χ2n) is 11.0. The third-order valence-electron chi connectivity index (χ3n) is 8.02. The number of hydrogen-bond donors (Lipinski definition) is 2. The molecule has 0 saturated carbocycles. The summed E-state index contributed by atoms with van der Waals surface area (Å²) >= 11 is 1.72. The molecule has 3 heterocycles. The maximum Gasteiger partial charge on any atom is 0.416 e. The first-order valence-corrected chi connectivity index (χ1v) is 16.4. The summed E-state index contributed by atoms with van der Waals surface area (Å²) < 4.78 is 51.1. The van der Waals surface area contributed by atoms with Crippen molar-refractivity contribution in [1.29, 1.82) is 0 Å². The third-order valence-corrected chi connectivity index (χ3v) is 10.6. The van der Waals surface area contributed by atoms with E-state index < -0.39 is 63.9 Å². The molecule has 2 aliphatic rings. The maximum absolute atomic E-state index is 14.2. The van der Waals surface area contributed by atoms with Crippen LogP contribution in [0.25, 0.3) is 0 Å². The van der Waals surface area contributed by atoms with E-state index in [0.29, 0.717) is 10.4 Å². The molecule has 1 fully saturated rings. The highest BCUT2D eigenvalue weighted by atomic mass is 32.2. The number of methoxy groups -OCH3 is 1. The van der Waals surface area contributed by atoms with Crippen LogP contribution in [-0.4, -0.2) is 52.3 Å². The van der Waals surface area contributed by atoms with E-state index in [1.807, 2.05) is 0 Å². The average molecular weight is 714 g/mol. The predicted octanol–water partition coefficient (Wildman–Crippen LogP) is 5.25. The van der Waals surface area contributed by atoms with Crippen LogP contribution in [0, 0.1) is 5.92 Å². The molecule has 2 aliphatic heterocycles. The van der Waals surface area contributed by atoms with Gasteiger partial charge in [-0.25, -0.2) is 9.69 Å². The molecule has 0 spiro atoms. The van der Waals surface area contributed by atoms with Crippen molar-refractivity contribution in [1.82, 2.24) is 4.57 Å². The van der Waals surface area contributed by atoms with Gasteiger partial charge in [0.05, 0.1) is 41.5 Å². The van der Waals surface area contributed by atoms with Gasteiger partial charge in [0, 0.05) is 16.5 Å². The zero-order valence-electron chi connectivity index (χ0n) is 25.6. The van der Waals surface area contributed by atoms with Gasteiger partial charge in [0.1, 0.15) is 11.8 Å². The fourth-order valence-electron chi connectivity index (χ4n) is 5.84. The standard InChI is InChI=1S/C33H26F3N3O8S2/c1-3-47-31(44)16-7-10-20(11-8-16)39-28(42)25-24(17-9-12-21(40)22(13-17)46-2)27-30(48-26(25)29(39)43)38(32(45)49-27)15-23(41)37-19-6-4-5-18(14-19)33(34,35)36/h4-14,24-26,40H,3,15H2,1-2H3,(H,37,41)/t24-,25+,26-/m0/s1. The van der Waals surface area contributed by atoms with Crippen molar-refractivity contribution >= 4 is 58.2 Å². The number of halogens is 3. The van der Waals surface area contributed by atoms with Gasteiger partial charge in [-0.15, -0.1) is 0 Å². The summed E-state index contributed by atoms with van der Waals surface area (Å²) in [5.41, 5.74) is -0.205. The highest BCUT2D eigenvalue weighted by molar-refractivity contribution is 8.00. The van der Waals surface area contributed by atoms with Gasteiger partial charge in [0.25, 0.3) is 0 Å². The Morgan fingerprint density at radius 1 is 1.00 bits per heavy atom. The second kappa shape index (κ2) is 13.1. The molecule has 1 aromatic heterocycles. The summed E-state index contributed by atoms with van der Waals surface area (Å²) in [4.78, 5) is 67.6. The predicted molar refractivity (Wildman–Crippen MR) is 173 cm³/mol. The van der Waals surface area contributed by atoms with Crippen LogP contribution in [0.5, 0.6) is 11.5 Å². The number of thioether (sulfide) groups is 1. The number of ether oxygens (including phenoxy) is 2. The number of phenols is 1. The Morgan fingerprint density at radius 3 is 2.41 bits per heavy atom. The zero-order chi connectivity index (χ0) is 35.2. The van der Waals surface area contributed by atoms with Crippen LogP contribution in [0.15, 0.2) is 76.6 Å². The molecule has 16 heteroatoms. The third kappa shape index (κ3) is 6.28. The van der Waals surface area contributed by atoms with Gasteiger partial charge in [0.15, 0.2) is 11.5 Å². The molecular weight excluding hydrogens is 688 g/mol. The van der Waals surface area contributed by atoms with Crippen LogP contribution in [0.1, 0.15) is 39.2 Å². The second-order valence-corrected chi connectivity index (χ2v) is 13.1. The molecule has 0 radical (unpaired) electrons. The number of aromatic hydroxyl groups is 1. The van der Waals surface area contributed by atoms with Gasteiger partial charge in [-0.3, -0.25) is 23.7 Å². The number of nitrogens with one attached hydrogen (secondary N) is 1. The normalized spacial score (nSPS) is 18.6. The number of anilines is 2. The minimum atomic E-state index is -4.63. The fraction of sp³-hybridized carbons (Fsp3) is 0.242. The van der Waals surface area contributed by atoms with Gasteiger partial charge in [-0.2, -0.15) is 13.2 Å². The maximum atomic E-state index is 14.2. The molecule has 3 atom stereocenters. The van der Waals surface area contributed by atoms with Crippen LogP contribution in [0.4, 0.5) is 24.5 Å². The number of esters is 1. The van der Waals surface area contributed by atoms with Crippen LogP contribution < -0.4 is 19.8 Å². The first kappa shape index (κ1) is 33.8. The molecule has 4 aromatic rings. The van der Waals surface area contributed by atoms with E-state index in [0.717, 1.165) is 50.8 Å². The quantitative estimate of drug-likeness (QED) is 0.185. The van der Waals surface area contributed by atoms with Crippen molar-refractivity contribution < 1.29 is 46.9 Å². The number of phenolic OH excluding ortho intramolecular Hbond substituents is 1. The Labute approximate surface area is 284 Å². The summed E-state index contributed by atoms with van der Waals surface area (Å²) in [6.45, 7) is 1.24. The van der Waals surface area contributed by atoms with Crippen LogP contribution in [-0.2, 0) is 31.8 Å². The largest absolute Gasteiger partial charge is 0.504 e. The van der Waals surface area contributed by atoms with Crippen LogP contribution >= 0.6 is 23.1 Å². The molecular formula is C33H26F3N3O8S2. The van der Waals surface area contributed by atoms with E-state index in [-0.39, 0.29) is 40.1 Å². The summed E-state index contributed by atoms with van der Waals surface area (Å²) in [6, 6.07) is 14.2. The van der Waals surface area contributed by atoms with Gasteiger partial charge >= 0.3 is 17.0 Å². The smallest absolute Gasteiger partial charge is 0.416 e. The molecule has 49 heavy (non-hydrogen) atoms.